The molecule has 0 spiro atoms. The number of hydrogen-bond donors (Lipinski definition) is 0. The Morgan fingerprint density at radius 3 is 0.722 bits per heavy atom. The number of hydrogen-bond acceptors (Lipinski definition) is 5. The third kappa shape index (κ3) is 91.4. The van der Waals surface area contributed by atoms with Crippen LogP contribution in [0, 0.1) is 35.5 Å². The van der Waals surface area contributed by atoms with E-state index in [-0.39, 0.29) is 7.43 Å². The minimum Gasteiger partial charge on any atom is -0.300 e. The second kappa shape index (κ2) is 95.9. The number of Topliss-reactive ketones (excluding diaryl/α,β-unsaturated/α-hetero) is 5. The Hall–Kier alpha value is -3.47. The third-order valence-corrected chi connectivity index (χ3v) is 21.8. The molecule has 0 bridgehead atoms. The zero-order valence-electron chi connectivity index (χ0n) is 74.5. The van der Waals surface area contributed by atoms with E-state index in [4.69, 9.17) is 0 Å². The van der Waals surface area contributed by atoms with Crippen molar-refractivity contribution in [3.05, 3.63) is 85.6 Å². The first-order valence-corrected chi connectivity index (χ1v) is 47.2. The minimum atomic E-state index is 0. The van der Waals surface area contributed by atoms with E-state index in [1.807, 2.05) is 20.8 Å². The minimum absolute atomic E-state index is 0. The van der Waals surface area contributed by atoms with Gasteiger partial charge in [0, 0.05) is 32.1 Å². The van der Waals surface area contributed by atoms with Gasteiger partial charge in [-0.15, -0.1) is 6.58 Å². The van der Waals surface area contributed by atoms with Gasteiger partial charge in [-0.1, -0.05) is 379 Å². The molecule has 0 amide bonds. The molecule has 0 aromatic carbocycles. The number of ketones is 5. The monoisotopic (exact) mass is 1510 g/mol. The molecule has 0 saturated heterocycles. The van der Waals surface area contributed by atoms with Crippen molar-refractivity contribution in [1.29, 1.82) is 0 Å². The van der Waals surface area contributed by atoms with Gasteiger partial charge in [-0.05, 0) is 212 Å². The van der Waals surface area contributed by atoms with Crippen molar-refractivity contribution in [3.8, 4) is 0 Å². The Labute approximate surface area is 678 Å². The molecule has 2 aliphatic rings. The molecule has 0 saturated carbocycles. The molecule has 0 radical (unpaired) electrons. The summed E-state index contributed by atoms with van der Waals surface area (Å²) in [6, 6.07) is 0. The average molecular weight is 1510 g/mol. The molecule has 0 aromatic heterocycles. The highest BCUT2D eigenvalue weighted by molar-refractivity contribution is 5.76. The number of allylic oxidation sites excluding steroid dienone is 13. The van der Waals surface area contributed by atoms with E-state index in [0.29, 0.717) is 28.9 Å². The van der Waals surface area contributed by atoms with Crippen LogP contribution in [0.5, 0.6) is 0 Å². The van der Waals surface area contributed by atoms with Crippen molar-refractivity contribution in [2.45, 2.75) is 508 Å². The Morgan fingerprint density at radius 1 is 0.278 bits per heavy atom. The highest BCUT2D eigenvalue weighted by Gasteiger charge is 2.35. The van der Waals surface area contributed by atoms with Crippen LogP contribution in [-0.4, -0.2) is 28.9 Å². The molecule has 634 valence electrons. The van der Waals surface area contributed by atoms with Gasteiger partial charge in [0.15, 0.2) is 0 Å². The lowest BCUT2D eigenvalue weighted by atomic mass is 9.64. The maximum absolute atomic E-state index is 11.3. The standard InChI is InChI=1S/C38H70O2.C21H38O.2C19H34O.C3H6.C2H6.CH4/c1-5-7-9-10-17-23-29-38-36(28-22-16-12-11-14-20-25-33(3)39)32-31-35(27-19-8-6-2)37(38)30-24-18-13-15-21-26-34(4)40;1-3-4-9-13-20-15-17-21(18-16-20)14-11-8-6-5-7-10-12-19(2)22;2*1-3-4-5-6-7-8-9-10-11-12-13-14-15-16-17-18-19(2)20;1-3-2;1-2;/h31-32,35-38H,5-30H2,1-4H3;15,17,20-21H,3-14,16,18H2,1-2H3;2*7-10H,3-6,11-18H2,1-2H3;3H,1H2,2H3;1-2H3;1H4/b;;2*8-7+,10-9+;;;. The van der Waals surface area contributed by atoms with Gasteiger partial charge < -0.3 is 24.0 Å². The Kier molecular flexibility index (Phi) is 100. The normalized spacial score (nSPS) is 16.5. The quantitative estimate of drug-likeness (QED) is 0.0344. The van der Waals surface area contributed by atoms with E-state index in [9.17, 15) is 24.0 Å². The van der Waals surface area contributed by atoms with Crippen LogP contribution in [0.2, 0.25) is 0 Å². The highest BCUT2D eigenvalue weighted by atomic mass is 16.1. The van der Waals surface area contributed by atoms with Gasteiger partial charge in [-0.3, -0.25) is 0 Å². The SMILES string of the molecule is C.C=CC.CC.CCCCC/C=C/C=C/CCCCCCCCC(C)=O.CCCCC/C=C/C=C/CCCCCCCCC(C)=O.CCCCCC1C=CC(CCCCCCCCC(C)=O)CC1.CCCCCCCCC1C(CCCCCCCCC(C)=O)C=CC(CCCCC)C1CCCCCCCC(C)=O. The van der Waals surface area contributed by atoms with Crippen molar-refractivity contribution >= 4 is 28.9 Å². The molecule has 0 aromatic rings. The lowest BCUT2D eigenvalue weighted by Crippen LogP contribution is -2.32. The number of carbonyl (C=O) groups excluding carboxylic acids is 5. The molecule has 0 fully saturated rings. The Morgan fingerprint density at radius 2 is 0.463 bits per heavy atom. The Balaban J connectivity index is -0.000000448. The summed E-state index contributed by atoms with van der Waals surface area (Å²) in [6.07, 6.45) is 112. The van der Waals surface area contributed by atoms with Gasteiger partial charge in [0.05, 0.1) is 0 Å². The molecule has 5 heteroatoms. The maximum atomic E-state index is 11.3. The van der Waals surface area contributed by atoms with Gasteiger partial charge in [0.25, 0.3) is 0 Å². The van der Waals surface area contributed by atoms with Crippen LogP contribution in [-0.2, 0) is 24.0 Å². The number of unbranched alkanes of at least 4 members (excludes halogenated alkanes) is 41. The summed E-state index contributed by atoms with van der Waals surface area (Å²) < 4.78 is 0. The summed E-state index contributed by atoms with van der Waals surface area (Å²) >= 11 is 0. The van der Waals surface area contributed by atoms with Crippen molar-refractivity contribution in [3.63, 3.8) is 0 Å². The molecule has 108 heavy (non-hydrogen) atoms. The lowest BCUT2D eigenvalue weighted by Gasteiger charge is -2.41. The summed E-state index contributed by atoms with van der Waals surface area (Å²) in [5.74, 6) is 6.79. The first-order valence-electron chi connectivity index (χ1n) is 47.2. The van der Waals surface area contributed by atoms with Crippen molar-refractivity contribution in [2.75, 3.05) is 0 Å². The van der Waals surface area contributed by atoms with Crippen LogP contribution in [0.3, 0.4) is 0 Å². The number of carbonyl (C=O) groups is 5. The van der Waals surface area contributed by atoms with Gasteiger partial charge >= 0.3 is 0 Å². The van der Waals surface area contributed by atoms with Gasteiger partial charge in [0.2, 0.25) is 0 Å². The Bertz CT molecular complexity index is 2010. The van der Waals surface area contributed by atoms with Crippen LogP contribution in [0.15, 0.2) is 85.6 Å². The fourth-order valence-electron chi connectivity index (χ4n) is 15.2. The van der Waals surface area contributed by atoms with Crippen molar-refractivity contribution in [2.24, 2.45) is 35.5 Å². The van der Waals surface area contributed by atoms with Crippen molar-refractivity contribution < 1.29 is 24.0 Å². The smallest absolute Gasteiger partial charge is 0.129 e. The number of rotatable bonds is 69. The highest BCUT2D eigenvalue weighted by Crippen LogP contribution is 2.45. The molecule has 0 aliphatic heterocycles. The molecule has 5 nitrogen and oxygen atoms in total. The maximum Gasteiger partial charge on any atom is 0.129 e. The topological polar surface area (TPSA) is 85.3 Å². The average Bonchev–Trinajstić information content (AvgIpc) is 0.818. The van der Waals surface area contributed by atoms with Gasteiger partial charge in [0.1, 0.15) is 28.9 Å². The van der Waals surface area contributed by atoms with E-state index in [1.165, 1.54) is 347 Å². The molecular weight excluding hydrogens is 1320 g/mol. The molecule has 6 unspecified atom stereocenters. The largest absolute Gasteiger partial charge is 0.300 e. The molecular formula is C103H192O5. The zero-order valence-corrected chi connectivity index (χ0v) is 74.5. The van der Waals surface area contributed by atoms with E-state index in [2.05, 4.69) is 114 Å². The van der Waals surface area contributed by atoms with Crippen molar-refractivity contribution in [1.82, 2.24) is 0 Å². The summed E-state index contributed by atoms with van der Waals surface area (Å²) in [5, 5.41) is 0. The van der Waals surface area contributed by atoms with Gasteiger partial charge in [-0.2, -0.15) is 0 Å². The lowest BCUT2D eigenvalue weighted by molar-refractivity contribution is -0.117. The van der Waals surface area contributed by atoms with E-state index in [1.54, 1.807) is 40.7 Å². The molecule has 0 heterocycles. The van der Waals surface area contributed by atoms with Crippen LogP contribution in [0.1, 0.15) is 508 Å². The summed E-state index contributed by atoms with van der Waals surface area (Å²) in [5.41, 5.74) is 0. The van der Waals surface area contributed by atoms with Crippen LogP contribution >= 0.6 is 0 Å². The van der Waals surface area contributed by atoms with Crippen LogP contribution < -0.4 is 0 Å². The molecule has 2 rings (SSSR count). The van der Waals surface area contributed by atoms with E-state index < -0.39 is 0 Å². The fourth-order valence-corrected chi connectivity index (χ4v) is 15.2. The predicted molar refractivity (Wildman–Crippen MR) is 487 cm³/mol. The molecule has 6 atom stereocenters. The van der Waals surface area contributed by atoms with Gasteiger partial charge in [-0.25, -0.2) is 0 Å². The zero-order chi connectivity index (χ0) is 79.8. The first-order chi connectivity index (χ1) is 52.2. The fraction of sp³-hybridized carbons (Fsp3) is 0.816. The second-order valence-electron chi connectivity index (χ2n) is 32.6. The third-order valence-electron chi connectivity index (χ3n) is 21.8. The molecule has 2 aliphatic carbocycles. The summed E-state index contributed by atoms with van der Waals surface area (Å²) in [4.78, 5) is 54.8. The predicted octanol–water partition coefficient (Wildman–Crippen LogP) is 34.9. The van der Waals surface area contributed by atoms with Crippen LogP contribution in [0.25, 0.3) is 0 Å². The first kappa shape index (κ1) is 113. The van der Waals surface area contributed by atoms with E-state index in [0.717, 1.165) is 99.7 Å². The van der Waals surface area contributed by atoms with E-state index >= 15 is 0 Å². The summed E-state index contributed by atoms with van der Waals surface area (Å²) in [6.45, 7) is 29.2. The summed E-state index contributed by atoms with van der Waals surface area (Å²) in [7, 11) is 0. The second-order valence-corrected chi connectivity index (χ2v) is 32.6. The van der Waals surface area contributed by atoms with Crippen LogP contribution in [0.4, 0.5) is 0 Å². The molecule has 0 N–H and O–H groups in total.